The highest BCUT2D eigenvalue weighted by atomic mass is 35.5. The zero-order chi connectivity index (χ0) is 16.9. The molecule has 0 aromatic heterocycles. The van der Waals surface area contributed by atoms with E-state index in [-0.39, 0.29) is 15.6 Å². The quantitative estimate of drug-likeness (QED) is 0.698. The fourth-order valence-corrected chi connectivity index (χ4v) is 2.72. The Morgan fingerprint density at radius 1 is 1.39 bits per heavy atom. The standard InChI is InChI=1S/C15H21ClN2O4S/c1-23(20,21)12-5-6-13(16)14(9-12)18-15(19)17-7-2-8-22-10-11-3-4-11/h5-6,9,11H,2-4,7-8,10H2,1H3,(H2,17,18,19). The van der Waals surface area contributed by atoms with E-state index in [9.17, 15) is 13.2 Å². The van der Waals surface area contributed by atoms with Crippen molar-refractivity contribution in [2.75, 3.05) is 31.3 Å². The van der Waals surface area contributed by atoms with Gasteiger partial charge in [-0.25, -0.2) is 13.2 Å². The number of nitrogens with one attached hydrogen (secondary N) is 2. The van der Waals surface area contributed by atoms with Gasteiger partial charge in [-0.05, 0) is 43.4 Å². The third kappa shape index (κ3) is 6.37. The molecule has 1 aromatic carbocycles. The minimum Gasteiger partial charge on any atom is -0.381 e. The molecule has 0 heterocycles. The summed E-state index contributed by atoms with van der Waals surface area (Å²) in [7, 11) is -3.35. The van der Waals surface area contributed by atoms with Gasteiger partial charge in [-0.15, -0.1) is 0 Å². The van der Waals surface area contributed by atoms with E-state index in [0.29, 0.717) is 13.2 Å². The van der Waals surface area contributed by atoms with Crippen molar-refractivity contribution in [2.24, 2.45) is 5.92 Å². The first-order chi connectivity index (χ1) is 10.9. The van der Waals surface area contributed by atoms with Gasteiger partial charge in [0, 0.05) is 26.0 Å². The van der Waals surface area contributed by atoms with Gasteiger partial charge < -0.3 is 15.4 Å². The Bertz CT molecular complexity index is 659. The zero-order valence-electron chi connectivity index (χ0n) is 13.0. The molecule has 1 aromatic rings. The summed E-state index contributed by atoms with van der Waals surface area (Å²) in [6.45, 7) is 1.89. The van der Waals surface area contributed by atoms with E-state index in [1.54, 1.807) is 0 Å². The number of ether oxygens (including phenoxy) is 1. The van der Waals surface area contributed by atoms with Gasteiger partial charge in [0.2, 0.25) is 0 Å². The molecule has 0 saturated heterocycles. The Balaban J connectivity index is 1.75. The molecule has 1 aliphatic rings. The maximum absolute atomic E-state index is 11.8. The molecule has 1 saturated carbocycles. The van der Waals surface area contributed by atoms with Crippen LogP contribution in [-0.2, 0) is 14.6 Å². The number of carbonyl (C=O) groups is 1. The highest BCUT2D eigenvalue weighted by Crippen LogP contribution is 2.28. The predicted molar refractivity (Wildman–Crippen MR) is 89.7 cm³/mol. The largest absolute Gasteiger partial charge is 0.381 e. The smallest absolute Gasteiger partial charge is 0.319 e. The van der Waals surface area contributed by atoms with Gasteiger partial charge in [0.15, 0.2) is 9.84 Å². The van der Waals surface area contributed by atoms with Gasteiger partial charge in [-0.2, -0.15) is 0 Å². The van der Waals surface area contributed by atoms with Gasteiger partial charge in [0.25, 0.3) is 0 Å². The summed E-state index contributed by atoms with van der Waals surface area (Å²) in [5, 5.41) is 5.51. The van der Waals surface area contributed by atoms with Gasteiger partial charge >= 0.3 is 6.03 Å². The predicted octanol–water partition coefficient (Wildman–Crippen LogP) is 2.68. The first-order valence-corrected chi connectivity index (χ1v) is 9.75. The minimum absolute atomic E-state index is 0.102. The molecule has 2 N–H and O–H groups in total. The summed E-state index contributed by atoms with van der Waals surface area (Å²) in [6, 6.07) is 3.76. The third-order valence-corrected chi connectivity index (χ3v) is 4.86. The lowest BCUT2D eigenvalue weighted by Gasteiger charge is -2.10. The molecule has 23 heavy (non-hydrogen) atoms. The van der Waals surface area contributed by atoms with E-state index < -0.39 is 15.9 Å². The van der Waals surface area contributed by atoms with Crippen molar-refractivity contribution in [3.63, 3.8) is 0 Å². The average Bonchev–Trinajstić information content (AvgIpc) is 3.28. The van der Waals surface area contributed by atoms with Gasteiger partial charge in [0.1, 0.15) is 0 Å². The maximum Gasteiger partial charge on any atom is 0.319 e. The molecule has 8 heteroatoms. The highest BCUT2D eigenvalue weighted by molar-refractivity contribution is 7.90. The van der Waals surface area contributed by atoms with Crippen molar-refractivity contribution in [1.29, 1.82) is 0 Å². The number of carbonyl (C=O) groups excluding carboxylic acids is 1. The van der Waals surface area contributed by atoms with Crippen LogP contribution in [0.4, 0.5) is 10.5 Å². The Hall–Kier alpha value is -1.31. The van der Waals surface area contributed by atoms with E-state index in [2.05, 4.69) is 10.6 Å². The fraction of sp³-hybridized carbons (Fsp3) is 0.533. The maximum atomic E-state index is 11.8. The van der Waals surface area contributed by atoms with E-state index in [1.807, 2.05) is 0 Å². The number of amides is 2. The average molecular weight is 361 g/mol. The molecule has 2 amide bonds. The van der Waals surface area contributed by atoms with Crippen LogP contribution in [0.3, 0.4) is 0 Å². The van der Waals surface area contributed by atoms with Gasteiger partial charge in [-0.3, -0.25) is 0 Å². The number of rotatable bonds is 8. The monoisotopic (exact) mass is 360 g/mol. The van der Waals surface area contributed by atoms with Crippen LogP contribution in [0.15, 0.2) is 23.1 Å². The van der Waals surface area contributed by atoms with E-state index in [1.165, 1.54) is 31.0 Å². The molecule has 0 unspecified atom stereocenters. The SMILES string of the molecule is CS(=O)(=O)c1ccc(Cl)c(NC(=O)NCCCOCC2CC2)c1. The fourth-order valence-electron chi connectivity index (χ4n) is 1.91. The Kier molecular flexibility index (Phi) is 6.26. The van der Waals surface area contributed by atoms with Crippen LogP contribution in [0.5, 0.6) is 0 Å². The first kappa shape index (κ1) is 18.0. The van der Waals surface area contributed by atoms with Crippen molar-refractivity contribution in [3.05, 3.63) is 23.2 Å². The number of urea groups is 1. The van der Waals surface area contributed by atoms with Crippen LogP contribution in [-0.4, -0.2) is 40.5 Å². The minimum atomic E-state index is -3.35. The van der Waals surface area contributed by atoms with Crippen molar-refractivity contribution < 1.29 is 17.9 Å². The summed E-state index contributed by atoms with van der Waals surface area (Å²) in [5.74, 6) is 0.732. The van der Waals surface area contributed by atoms with Gasteiger partial charge in [-0.1, -0.05) is 11.6 Å². The highest BCUT2D eigenvalue weighted by Gasteiger charge is 2.20. The zero-order valence-corrected chi connectivity index (χ0v) is 14.5. The van der Waals surface area contributed by atoms with Crippen molar-refractivity contribution in [2.45, 2.75) is 24.2 Å². The van der Waals surface area contributed by atoms with E-state index in [0.717, 1.165) is 25.2 Å². The summed E-state index contributed by atoms with van der Waals surface area (Å²) in [5.41, 5.74) is 0.261. The number of sulfone groups is 1. The van der Waals surface area contributed by atoms with Crippen LogP contribution in [0.2, 0.25) is 5.02 Å². The molecular weight excluding hydrogens is 340 g/mol. The second-order valence-corrected chi connectivity index (χ2v) is 8.09. The molecular formula is C15H21ClN2O4S. The molecule has 0 atom stereocenters. The molecule has 1 fully saturated rings. The lowest BCUT2D eigenvalue weighted by molar-refractivity contribution is 0.122. The first-order valence-electron chi connectivity index (χ1n) is 7.48. The van der Waals surface area contributed by atoms with Crippen molar-refractivity contribution >= 4 is 33.2 Å². The van der Waals surface area contributed by atoms with Crippen LogP contribution < -0.4 is 10.6 Å². The molecule has 0 aliphatic heterocycles. The lowest BCUT2D eigenvalue weighted by atomic mass is 10.3. The number of halogens is 1. The molecule has 1 aliphatic carbocycles. The summed E-state index contributed by atoms with van der Waals surface area (Å²) < 4.78 is 28.5. The molecule has 0 bridgehead atoms. The van der Waals surface area contributed by atoms with Crippen LogP contribution in [0.1, 0.15) is 19.3 Å². The molecule has 128 valence electrons. The van der Waals surface area contributed by atoms with E-state index in [4.69, 9.17) is 16.3 Å². The Morgan fingerprint density at radius 2 is 2.13 bits per heavy atom. The molecule has 0 spiro atoms. The summed E-state index contributed by atoms with van der Waals surface area (Å²) in [4.78, 5) is 11.9. The van der Waals surface area contributed by atoms with Crippen molar-refractivity contribution in [3.8, 4) is 0 Å². The van der Waals surface area contributed by atoms with Gasteiger partial charge in [0.05, 0.1) is 15.6 Å². The molecule has 2 rings (SSSR count). The van der Waals surface area contributed by atoms with Crippen molar-refractivity contribution in [1.82, 2.24) is 5.32 Å². The Morgan fingerprint density at radius 3 is 2.78 bits per heavy atom. The number of anilines is 1. The second kappa shape index (κ2) is 7.99. The van der Waals surface area contributed by atoms with Crippen LogP contribution in [0, 0.1) is 5.92 Å². The summed E-state index contributed by atoms with van der Waals surface area (Å²) in [6.07, 6.45) is 4.33. The third-order valence-electron chi connectivity index (χ3n) is 3.42. The normalized spacial score (nSPS) is 14.5. The molecule has 0 radical (unpaired) electrons. The van der Waals surface area contributed by atoms with Crippen LogP contribution in [0.25, 0.3) is 0 Å². The number of hydrogen-bond donors (Lipinski definition) is 2. The second-order valence-electron chi connectivity index (χ2n) is 5.67. The number of hydrogen-bond acceptors (Lipinski definition) is 4. The van der Waals surface area contributed by atoms with Crippen LogP contribution >= 0.6 is 11.6 Å². The Labute approximate surface area is 141 Å². The topological polar surface area (TPSA) is 84.5 Å². The lowest BCUT2D eigenvalue weighted by Crippen LogP contribution is -2.30. The summed E-state index contributed by atoms with van der Waals surface area (Å²) >= 11 is 5.97. The van der Waals surface area contributed by atoms with E-state index >= 15 is 0 Å². The molecule has 6 nitrogen and oxygen atoms in total. The number of benzene rings is 1.